The highest BCUT2D eigenvalue weighted by molar-refractivity contribution is 5.97. The SMILES string of the molecule is CC1=C(F)C(F)Oc2c(F)cc3ccccc3c21. The minimum absolute atomic E-state index is 0.0828. The first-order valence-corrected chi connectivity index (χ1v) is 5.48. The number of rotatable bonds is 0. The van der Waals surface area contributed by atoms with Crippen LogP contribution in [0.4, 0.5) is 13.2 Å². The second-order valence-electron chi connectivity index (χ2n) is 4.19. The van der Waals surface area contributed by atoms with Crippen LogP contribution in [0, 0.1) is 5.82 Å². The van der Waals surface area contributed by atoms with Crippen LogP contribution in [0.15, 0.2) is 36.2 Å². The van der Waals surface area contributed by atoms with Gasteiger partial charge in [0, 0.05) is 5.56 Å². The molecule has 0 aromatic heterocycles. The maximum Gasteiger partial charge on any atom is 0.290 e. The van der Waals surface area contributed by atoms with Crippen molar-refractivity contribution in [1.82, 2.24) is 0 Å². The third-order valence-corrected chi connectivity index (χ3v) is 3.11. The van der Waals surface area contributed by atoms with Gasteiger partial charge in [0.1, 0.15) is 0 Å². The Hall–Kier alpha value is -1.97. The molecule has 1 nitrogen and oxygen atoms in total. The highest BCUT2D eigenvalue weighted by Gasteiger charge is 2.30. The molecule has 0 spiro atoms. The van der Waals surface area contributed by atoms with Gasteiger partial charge in [-0.25, -0.2) is 8.78 Å². The van der Waals surface area contributed by atoms with E-state index in [1.807, 2.05) is 0 Å². The lowest BCUT2D eigenvalue weighted by Crippen LogP contribution is -2.18. The van der Waals surface area contributed by atoms with Crippen LogP contribution in [-0.2, 0) is 0 Å². The second kappa shape index (κ2) is 3.77. The fourth-order valence-electron chi connectivity index (χ4n) is 2.23. The van der Waals surface area contributed by atoms with Gasteiger partial charge in [-0.3, -0.25) is 0 Å². The lowest BCUT2D eigenvalue weighted by atomic mass is 9.95. The molecule has 0 fully saturated rings. The van der Waals surface area contributed by atoms with Gasteiger partial charge in [0.2, 0.25) is 0 Å². The average Bonchev–Trinajstić information content (AvgIpc) is 2.36. The van der Waals surface area contributed by atoms with Crippen LogP contribution in [0.1, 0.15) is 12.5 Å². The number of alkyl halides is 1. The molecule has 1 aliphatic rings. The lowest BCUT2D eigenvalue weighted by Gasteiger charge is -2.23. The van der Waals surface area contributed by atoms with E-state index in [1.165, 1.54) is 13.0 Å². The molecule has 0 radical (unpaired) electrons. The van der Waals surface area contributed by atoms with Crippen molar-refractivity contribution < 1.29 is 17.9 Å². The first kappa shape index (κ1) is 11.1. The highest BCUT2D eigenvalue weighted by atomic mass is 19.2. The van der Waals surface area contributed by atoms with Gasteiger partial charge < -0.3 is 4.74 Å². The van der Waals surface area contributed by atoms with Gasteiger partial charge in [0.05, 0.1) is 0 Å². The first-order chi connectivity index (χ1) is 8.59. The summed E-state index contributed by atoms with van der Waals surface area (Å²) in [5.74, 6) is -1.91. The van der Waals surface area contributed by atoms with Gasteiger partial charge in [-0.1, -0.05) is 24.3 Å². The fraction of sp³-hybridized carbons (Fsp3) is 0.143. The Bertz CT molecular complexity index is 676. The summed E-state index contributed by atoms with van der Waals surface area (Å²) in [6, 6.07) is 8.22. The first-order valence-electron chi connectivity index (χ1n) is 5.48. The van der Waals surface area contributed by atoms with Crippen LogP contribution in [0.25, 0.3) is 16.3 Å². The molecule has 0 aliphatic carbocycles. The monoisotopic (exact) mass is 250 g/mol. The summed E-state index contributed by atoms with van der Waals surface area (Å²) in [5.41, 5.74) is 0.372. The Morgan fingerprint density at radius 1 is 1.17 bits per heavy atom. The summed E-state index contributed by atoms with van der Waals surface area (Å²) < 4.78 is 45.3. The molecular weight excluding hydrogens is 241 g/mol. The Morgan fingerprint density at radius 2 is 1.89 bits per heavy atom. The molecule has 1 atom stereocenters. The number of fused-ring (bicyclic) bond motifs is 3. The van der Waals surface area contributed by atoms with Gasteiger partial charge in [0.15, 0.2) is 17.4 Å². The molecular formula is C14H9F3O. The van der Waals surface area contributed by atoms with Crippen molar-refractivity contribution in [1.29, 1.82) is 0 Å². The van der Waals surface area contributed by atoms with Crippen LogP contribution in [0.3, 0.4) is 0 Å². The molecule has 92 valence electrons. The molecule has 1 aliphatic heterocycles. The maximum absolute atomic E-state index is 13.8. The Labute approximate surface area is 101 Å². The van der Waals surface area contributed by atoms with Crippen LogP contribution in [-0.4, -0.2) is 6.36 Å². The van der Waals surface area contributed by atoms with Gasteiger partial charge in [-0.2, -0.15) is 4.39 Å². The summed E-state index contributed by atoms with van der Waals surface area (Å²) in [6.45, 7) is 1.43. The topological polar surface area (TPSA) is 9.23 Å². The molecule has 1 unspecified atom stereocenters. The average molecular weight is 250 g/mol. The molecule has 2 aromatic rings. The normalized spacial score (nSPS) is 18.8. The van der Waals surface area contributed by atoms with E-state index in [0.717, 1.165) is 0 Å². The summed E-state index contributed by atoms with van der Waals surface area (Å²) in [4.78, 5) is 0. The molecule has 3 rings (SSSR count). The zero-order chi connectivity index (χ0) is 12.9. The second-order valence-corrected chi connectivity index (χ2v) is 4.19. The number of benzene rings is 2. The van der Waals surface area contributed by atoms with E-state index >= 15 is 0 Å². The zero-order valence-electron chi connectivity index (χ0n) is 9.51. The molecule has 0 saturated carbocycles. The summed E-state index contributed by atoms with van der Waals surface area (Å²) in [5, 5.41) is 1.27. The van der Waals surface area contributed by atoms with Gasteiger partial charge in [-0.15, -0.1) is 0 Å². The van der Waals surface area contributed by atoms with Crippen LogP contribution in [0.5, 0.6) is 5.75 Å². The summed E-state index contributed by atoms with van der Waals surface area (Å²) >= 11 is 0. The van der Waals surface area contributed by atoms with E-state index < -0.39 is 18.0 Å². The third kappa shape index (κ3) is 1.41. The standard InChI is InChI=1S/C14H9F3O/c1-7-11-9-5-3-2-4-8(9)6-10(15)13(11)18-14(17)12(7)16/h2-6,14H,1H3. The maximum atomic E-state index is 13.8. The lowest BCUT2D eigenvalue weighted by molar-refractivity contribution is 0.0724. The van der Waals surface area contributed by atoms with E-state index in [4.69, 9.17) is 0 Å². The molecule has 0 bridgehead atoms. The van der Waals surface area contributed by atoms with E-state index in [-0.39, 0.29) is 16.9 Å². The molecule has 4 heteroatoms. The molecule has 18 heavy (non-hydrogen) atoms. The van der Waals surface area contributed by atoms with Crippen LogP contribution in [0.2, 0.25) is 0 Å². The zero-order valence-corrected chi connectivity index (χ0v) is 9.51. The minimum atomic E-state index is -2.23. The van der Waals surface area contributed by atoms with E-state index in [9.17, 15) is 13.2 Å². The Morgan fingerprint density at radius 3 is 2.67 bits per heavy atom. The van der Waals surface area contributed by atoms with E-state index in [2.05, 4.69) is 4.74 Å². The number of ether oxygens (including phenoxy) is 1. The Balaban J connectivity index is 2.45. The van der Waals surface area contributed by atoms with Crippen molar-refractivity contribution in [3.05, 3.63) is 47.5 Å². The highest BCUT2D eigenvalue weighted by Crippen LogP contribution is 2.42. The quantitative estimate of drug-likeness (QED) is 0.674. The van der Waals surface area contributed by atoms with Crippen molar-refractivity contribution in [2.24, 2.45) is 0 Å². The molecule has 0 amide bonds. The van der Waals surface area contributed by atoms with E-state index in [1.54, 1.807) is 24.3 Å². The molecule has 0 saturated heterocycles. The molecule has 0 N–H and O–H groups in total. The summed E-state index contributed by atoms with van der Waals surface area (Å²) in [6.07, 6.45) is -2.23. The van der Waals surface area contributed by atoms with Crippen LogP contribution < -0.4 is 4.74 Å². The van der Waals surface area contributed by atoms with Crippen molar-refractivity contribution >= 4 is 16.3 Å². The number of hydrogen-bond acceptors (Lipinski definition) is 1. The van der Waals surface area contributed by atoms with Gasteiger partial charge in [0.25, 0.3) is 6.36 Å². The van der Waals surface area contributed by atoms with Crippen LogP contribution >= 0.6 is 0 Å². The number of hydrogen-bond donors (Lipinski definition) is 0. The minimum Gasteiger partial charge on any atom is -0.450 e. The van der Waals surface area contributed by atoms with Crippen molar-refractivity contribution in [2.75, 3.05) is 0 Å². The molecule has 1 heterocycles. The summed E-state index contributed by atoms with van der Waals surface area (Å²) in [7, 11) is 0. The van der Waals surface area contributed by atoms with Gasteiger partial charge in [-0.05, 0) is 29.3 Å². The van der Waals surface area contributed by atoms with E-state index in [0.29, 0.717) is 10.8 Å². The third-order valence-electron chi connectivity index (χ3n) is 3.11. The van der Waals surface area contributed by atoms with Crippen molar-refractivity contribution in [3.63, 3.8) is 0 Å². The smallest absolute Gasteiger partial charge is 0.290 e. The predicted octanol–water partition coefficient (Wildman–Crippen LogP) is 4.37. The number of halogens is 3. The predicted molar refractivity (Wildman–Crippen MR) is 63.1 cm³/mol. The van der Waals surface area contributed by atoms with Crippen molar-refractivity contribution in [3.8, 4) is 5.75 Å². The molecule has 2 aromatic carbocycles. The largest absolute Gasteiger partial charge is 0.450 e. The van der Waals surface area contributed by atoms with Crippen molar-refractivity contribution in [2.45, 2.75) is 13.3 Å². The fourth-order valence-corrected chi connectivity index (χ4v) is 2.23. The van der Waals surface area contributed by atoms with Gasteiger partial charge >= 0.3 is 0 Å². The number of allylic oxidation sites excluding steroid dienone is 1. The Kier molecular flexibility index (Phi) is 2.33.